The lowest BCUT2D eigenvalue weighted by molar-refractivity contribution is 0.0978. The van der Waals surface area contributed by atoms with Crippen molar-refractivity contribution >= 4 is 16.7 Å². The van der Waals surface area contributed by atoms with Crippen LogP contribution in [0.1, 0.15) is 48.4 Å². The highest BCUT2D eigenvalue weighted by Gasteiger charge is 2.22. The van der Waals surface area contributed by atoms with Crippen LogP contribution in [0.3, 0.4) is 0 Å². The predicted octanol–water partition coefficient (Wildman–Crippen LogP) is 5.09. The Hall–Kier alpha value is -2.62. The van der Waals surface area contributed by atoms with Gasteiger partial charge in [-0.2, -0.15) is 0 Å². The second-order valence-corrected chi connectivity index (χ2v) is 6.29. The number of hydrogen-bond donors (Lipinski definition) is 1. The molecule has 3 aromatic rings. The molecule has 0 amide bonds. The molecule has 4 nitrogen and oxygen atoms in total. The van der Waals surface area contributed by atoms with Gasteiger partial charge in [0.25, 0.3) is 0 Å². The Kier molecular flexibility index (Phi) is 4.88. The lowest BCUT2D eigenvalue weighted by Crippen LogP contribution is -2.02. The van der Waals surface area contributed by atoms with Crippen LogP contribution in [0.15, 0.2) is 30.3 Å². The van der Waals surface area contributed by atoms with Gasteiger partial charge >= 0.3 is 0 Å². The third kappa shape index (κ3) is 3.16. The second-order valence-electron chi connectivity index (χ2n) is 6.29. The Morgan fingerprint density at radius 2 is 2.00 bits per heavy atom. The molecule has 25 heavy (non-hydrogen) atoms. The molecular weight excluding hydrogens is 312 g/mol. The Morgan fingerprint density at radius 3 is 2.68 bits per heavy atom. The highest BCUT2D eigenvalue weighted by Crippen LogP contribution is 2.38. The number of rotatable bonds is 6. The number of ether oxygens (including phenoxy) is 1. The Labute approximate surface area is 148 Å². The summed E-state index contributed by atoms with van der Waals surface area (Å²) >= 11 is 0. The molecule has 0 saturated carbocycles. The third-order valence-electron chi connectivity index (χ3n) is 4.49. The van der Waals surface area contributed by atoms with Crippen LogP contribution in [-0.4, -0.2) is 22.9 Å². The van der Waals surface area contributed by atoms with E-state index in [1.807, 2.05) is 26.0 Å². The van der Waals surface area contributed by atoms with E-state index in [9.17, 15) is 4.79 Å². The minimum atomic E-state index is 0.120. The quantitative estimate of drug-likeness (QED) is 0.638. The number of ketones is 1. The maximum absolute atomic E-state index is 12.7. The fourth-order valence-electron chi connectivity index (χ4n) is 3.18. The molecular formula is C21H24N2O2. The molecule has 4 heteroatoms. The van der Waals surface area contributed by atoms with Crippen LogP contribution < -0.4 is 4.74 Å². The van der Waals surface area contributed by atoms with E-state index < -0.39 is 0 Å². The summed E-state index contributed by atoms with van der Waals surface area (Å²) in [7, 11) is 1.62. The van der Waals surface area contributed by atoms with Gasteiger partial charge in [-0.3, -0.25) is 4.79 Å². The molecule has 2 aromatic heterocycles. The average Bonchev–Trinajstić information content (AvgIpc) is 3.00. The lowest BCUT2D eigenvalue weighted by Gasteiger charge is -2.10. The van der Waals surface area contributed by atoms with E-state index in [0.29, 0.717) is 18.0 Å². The van der Waals surface area contributed by atoms with Gasteiger partial charge in [-0.15, -0.1) is 0 Å². The number of benzene rings is 1. The molecule has 130 valence electrons. The molecule has 1 aromatic carbocycles. The zero-order valence-electron chi connectivity index (χ0n) is 15.3. The number of Topliss-reactive ketones (excluding diaryl/α,β-unsaturated/α-hetero) is 1. The Morgan fingerprint density at radius 1 is 1.20 bits per heavy atom. The molecule has 0 bridgehead atoms. The molecule has 0 aliphatic heterocycles. The average molecular weight is 336 g/mol. The largest absolute Gasteiger partial charge is 0.481 e. The van der Waals surface area contributed by atoms with Crippen LogP contribution in [0.25, 0.3) is 22.0 Å². The summed E-state index contributed by atoms with van der Waals surface area (Å²) in [6.07, 6.45) is 2.28. The van der Waals surface area contributed by atoms with E-state index in [2.05, 4.69) is 35.1 Å². The van der Waals surface area contributed by atoms with Crippen molar-refractivity contribution in [1.82, 2.24) is 9.97 Å². The molecule has 2 heterocycles. The van der Waals surface area contributed by atoms with Gasteiger partial charge in [0.2, 0.25) is 5.88 Å². The van der Waals surface area contributed by atoms with E-state index in [-0.39, 0.29) is 5.78 Å². The van der Waals surface area contributed by atoms with Gasteiger partial charge in [0.05, 0.1) is 12.8 Å². The number of nitrogens with one attached hydrogen (secondary N) is 1. The second kappa shape index (κ2) is 7.09. The number of methoxy groups -OCH3 is 1. The molecule has 0 fully saturated rings. The first-order valence-electron chi connectivity index (χ1n) is 8.78. The highest BCUT2D eigenvalue weighted by atomic mass is 16.5. The standard InChI is InChI=1S/C21H24N2O2/c1-5-7-18(24)20-19(15-10-8-13(3)22-21(15)25-4)16-12-14(6-2)9-11-17(16)23-20/h8-12,23H,5-7H2,1-4H3. The number of aromatic nitrogens is 2. The van der Waals surface area contributed by atoms with Crippen LogP contribution in [0, 0.1) is 6.92 Å². The van der Waals surface area contributed by atoms with Crippen molar-refractivity contribution in [2.24, 2.45) is 0 Å². The molecule has 0 radical (unpaired) electrons. The first-order chi connectivity index (χ1) is 12.1. The van der Waals surface area contributed by atoms with Crippen molar-refractivity contribution in [3.05, 3.63) is 47.3 Å². The van der Waals surface area contributed by atoms with Gasteiger partial charge < -0.3 is 9.72 Å². The summed E-state index contributed by atoms with van der Waals surface area (Å²) in [5.41, 5.74) is 5.49. The number of carbonyl (C=O) groups excluding carboxylic acids is 1. The van der Waals surface area contributed by atoms with Crippen LogP contribution in [0.2, 0.25) is 0 Å². The van der Waals surface area contributed by atoms with Crippen molar-refractivity contribution in [2.45, 2.75) is 40.0 Å². The van der Waals surface area contributed by atoms with E-state index in [0.717, 1.165) is 40.6 Å². The van der Waals surface area contributed by atoms with E-state index in [1.54, 1.807) is 7.11 Å². The normalized spacial score (nSPS) is 11.0. The minimum absolute atomic E-state index is 0.120. The SMILES string of the molecule is CCCC(=O)c1[nH]c2ccc(CC)cc2c1-c1ccc(C)nc1OC. The van der Waals surface area contributed by atoms with E-state index >= 15 is 0 Å². The first-order valence-corrected chi connectivity index (χ1v) is 8.78. The number of aromatic amines is 1. The van der Waals surface area contributed by atoms with Crippen LogP contribution >= 0.6 is 0 Å². The van der Waals surface area contributed by atoms with E-state index in [1.165, 1.54) is 5.56 Å². The fourth-order valence-corrected chi connectivity index (χ4v) is 3.18. The molecule has 3 rings (SSSR count). The summed E-state index contributed by atoms with van der Waals surface area (Å²) in [5, 5.41) is 1.04. The summed E-state index contributed by atoms with van der Waals surface area (Å²) < 4.78 is 5.51. The third-order valence-corrected chi connectivity index (χ3v) is 4.49. The molecule has 0 atom stereocenters. The molecule has 0 saturated heterocycles. The maximum Gasteiger partial charge on any atom is 0.221 e. The summed E-state index contributed by atoms with van der Waals surface area (Å²) in [6, 6.07) is 10.2. The van der Waals surface area contributed by atoms with Gasteiger partial charge in [-0.05, 0) is 49.6 Å². The summed E-state index contributed by atoms with van der Waals surface area (Å²) in [5.74, 6) is 0.669. The number of H-pyrrole nitrogens is 1. The maximum atomic E-state index is 12.7. The van der Waals surface area contributed by atoms with Crippen LogP contribution in [-0.2, 0) is 6.42 Å². The monoisotopic (exact) mass is 336 g/mol. The van der Waals surface area contributed by atoms with Crippen LogP contribution in [0.4, 0.5) is 0 Å². The fraction of sp³-hybridized carbons (Fsp3) is 0.333. The van der Waals surface area contributed by atoms with Crippen molar-refractivity contribution in [3.63, 3.8) is 0 Å². The first kappa shape index (κ1) is 17.2. The number of fused-ring (bicyclic) bond motifs is 1. The van der Waals surface area contributed by atoms with Gasteiger partial charge in [-0.1, -0.05) is 19.9 Å². The Bertz CT molecular complexity index is 925. The minimum Gasteiger partial charge on any atom is -0.481 e. The molecule has 0 aliphatic carbocycles. The predicted molar refractivity (Wildman–Crippen MR) is 101 cm³/mol. The van der Waals surface area contributed by atoms with Crippen molar-refractivity contribution in [1.29, 1.82) is 0 Å². The van der Waals surface area contributed by atoms with Crippen LogP contribution in [0.5, 0.6) is 5.88 Å². The topological polar surface area (TPSA) is 55.0 Å². The zero-order valence-corrected chi connectivity index (χ0v) is 15.3. The number of nitrogens with zero attached hydrogens (tertiary/aromatic N) is 1. The smallest absolute Gasteiger partial charge is 0.221 e. The number of carbonyl (C=O) groups is 1. The van der Waals surface area contributed by atoms with Gasteiger partial charge in [-0.25, -0.2) is 4.98 Å². The molecule has 1 N–H and O–H groups in total. The highest BCUT2D eigenvalue weighted by molar-refractivity contribution is 6.11. The summed E-state index contributed by atoms with van der Waals surface area (Å²) in [6.45, 7) is 6.08. The number of hydrogen-bond acceptors (Lipinski definition) is 3. The van der Waals surface area contributed by atoms with Crippen molar-refractivity contribution < 1.29 is 9.53 Å². The van der Waals surface area contributed by atoms with Crippen molar-refractivity contribution in [3.8, 4) is 17.0 Å². The van der Waals surface area contributed by atoms with Gasteiger partial charge in [0, 0.05) is 34.1 Å². The van der Waals surface area contributed by atoms with Crippen molar-refractivity contribution in [2.75, 3.05) is 7.11 Å². The number of pyridine rings is 1. The number of aryl methyl sites for hydroxylation is 2. The molecule has 0 unspecified atom stereocenters. The molecule has 0 aliphatic rings. The zero-order chi connectivity index (χ0) is 18.0. The lowest BCUT2D eigenvalue weighted by atomic mass is 9.98. The van der Waals surface area contributed by atoms with Gasteiger partial charge in [0.15, 0.2) is 5.78 Å². The Balaban J connectivity index is 2.33. The molecule has 0 spiro atoms. The summed E-state index contributed by atoms with van der Waals surface area (Å²) in [4.78, 5) is 20.6. The van der Waals surface area contributed by atoms with E-state index in [4.69, 9.17) is 4.74 Å². The van der Waals surface area contributed by atoms with Gasteiger partial charge in [0.1, 0.15) is 0 Å².